The van der Waals surface area contributed by atoms with Gasteiger partial charge in [-0.2, -0.15) is 0 Å². The van der Waals surface area contributed by atoms with Gasteiger partial charge in [0, 0.05) is 5.75 Å². The first-order chi connectivity index (χ1) is 6.24. The minimum Gasteiger partial charge on any atom is -0.302 e. The van der Waals surface area contributed by atoms with E-state index in [0.29, 0.717) is 0 Å². The first-order valence-electron chi connectivity index (χ1n) is 4.35. The molecule has 0 bridgehead atoms. The Labute approximate surface area is 83.5 Å². The standard InChI is InChI=1S/C11H14OS/c1-9-5-3-4-6-11(9)8-13-10(2)7-12/h3-7,10H,8H2,1-2H3. The second-order valence-corrected chi connectivity index (χ2v) is 4.44. The maximum atomic E-state index is 10.4. The average Bonchev–Trinajstić information content (AvgIpc) is 2.16. The fraction of sp³-hybridized carbons (Fsp3) is 0.364. The zero-order valence-corrected chi connectivity index (χ0v) is 8.80. The highest BCUT2D eigenvalue weighted by molar-refractivity contribution is 7.99. The summed E-state index contributed by atoms with van der Waals surface area (Å²) in [5.74, 6) is 0.923. The van der Waals surface area contributed by atoms with E-state index in [9.17, 15) is 4.79 Å². The van der Waals surface area contributed by atoms with Crippen molar-refractivity contribution in [3.63, 3.8) is 0 Å². The van der Waals surface area contributed by atoms with Gasteiger partial charge in [0.05, 0.1) is 5.25 Å². The van der Waals surface area contributed by atoms with Crippen LogP contribution in [0.15, 0.2) is 24.3 Å². The lowest BCUT2D eigenvalue weighted by Gasteiger charge is -2.06. The second-order valence-electron chi connectivity index (χ2n) is 3.08. The van der Waals surface area contributed by atoms with Gasteiger partial charge in [0.2, 0.25) is 0 Å². The van der Waals surface area contributed by atoms with Crippen LogP contribution in [0.1, 0.15) is 18.1 Å². The van der Waals surface area contributed by atoms with E-state index in [1.54, 1.807) is 11.8 Å². The van der Waals surface area contributed by atoms with Gasteiger partial charge in [-0.05, 0) is 25.0 Å². The van der Waals surface area contributed by atoms with Crippen molar-refractivity contribution >= 4 is 18.0 Å². The largest absolute Gasteiger partial charge is 0.302 e. The lowest BCUT2D eigenvalue weighted by atomic mass is 10.1. The van der Waals surface area contributed by atoms with Crippen LogP contribution in [-0.4, -0.2) is 11.5 Å². The summed E-state index contributed by atoms with van der Waals surface area (Å²) in [6.45, 7) is 4.03. The van der Waals surface area contributed by atoms with Crippen LogP contribution in [0.25, 0.3) is 0 Å². The van der Waals surface area contributed by atoms with Crippen molar-refractivity contribution in [1.29, 1.82) is 0 Å². The smallest absolute Gasteiger partial charge is 0.132 e. The average molecular weight is 194 g/mol. The van der Waals surface area contributed by atoms with Gasteiger partial charge in [-0.25, -0.2) is 0 Å². The van der Waals surface area contributed by atoms with E-state index in [1.807, 2.05) is 19.1 Å². The highest BCUT2D eigenvalue weighted by Gasteiger charge is 2.01. The molecule has 1 aromatic rings. The fourth-order valence-electron chi connectivity index (χ4n) is 1.03. The molecule has 0 amide bonds. The molecule has 0 radical (unpaired) electrons. The van der Waals surface area contributed by atoms with E-state index in [1.165, 1.54) is 11.1 Å². The molecule has 0 saturated heterocycles. The summed E-state index contributed by atoms with van der Waals surface area (Å²) in [5.41, 5.74) is 2.62. The zero-order chi connectivity index (χ0) is 9.68. The normalized spacial score (nSPS) is 12.5. The summed E-state index contributed by atoms with van der Waals surface area (Å²) in [6, 6.07) is 8.28. The quantitative estimate of drug-likeness (QED) is 0.686. The van der Waals surface area contributed by atoms with Crippen LogP contribution in [0.3, 0.4) is 0 Å². The molecule has 0 aliphatic rings. The molecule has 1 aromatic carbocycles. The molecule has 1 atom stereocenters. The van der Waals surface area contributed by atoms with E-state index in [-0.39, 0.29) is 5.25 Å². The Morgan fingerprint density at radius 2 is 2.15 bits per heavy atom. The summed E-state index contributed by atoms with van der Waals surface area (Å²) in [5, 5.41) is 0.0969. The van der Waals surface area contributed by atoms with Crippen molar-refractivity contribution in [2.24, 2.45) is 0 Å². The van der Waals surface area contributed by atoms with E-state index in [0.717, 1.165) is 12.0 Å². The molecule has 0 heterocycles. The third kappa shape index (κ3) is 3.23. The topological polar surface area (TPSA) is 17.1 Å². The molecule has 70 valence electrons. The number of aryl methyl sites for hydroxylation is 1. The van der Waals surface area contributed by atoms with Crippen molar-refractivity contribution in [2.75, 3.05) is 0 Å². The van der Waals surface area contributed by atoms with E-state index < -0.39 is 0 Å². The van der Waals surface area contributed by atoms with Gasteiger partial charge >= 0.3 is 0 Å². The van der Waals surface area contributed by atoms with E-state index >= 15 is 0 Å². The van der Waals surface area contributed by atoms with Crippen molar-refractivity contribution in [2.45, 2.75) is 24.9 Å². The first-order valence-corrected chi connectivity index (χ1v) is 5.40. The molecule has 0 aliphatic heterocycles. The summed E-state index contributed by atoms with van der Waals surface area (Å²) in [4.78, 5) is 10.4. The van der Waals surface area contributed by atoms with Crippen molar-refractivity contribution in [3.8, 4) is 0 Å². The molecule has 1 unspecified atom stereocenters. The number of benzene rings is 1. The van der Waals surface area contributed by atoms with Crippen LogP contribution < -0.4 is 0 Å². The number of hydrogen-bond acceptors (Lipinski definition) is 2. The maximum Gasteiger partial charge on any atom is 0.132 e. The minimum absolute atomic E-state index is 0.0969. The van der Waals surface area contributed by atoms with Crippen LogP contribution in [-0.2, 0) is 10.5 Å². The molecule has 1 nitrogen and oxygen atoms in total. The van der Waals surface area contributed by atoms with Gasteiger partial charge in [-0.15, -0.1) is 11.8 Å². The molecule has 2 heteroatoms. The predicted octanol–water partition coefficient (Wildman–Crippen LogP) is 2.82. The third-order valence-corrected chi connectivity index (χ3v) is 3.07. The zero-order valence-electron chi connectivity index (χ0n) is 7.99. The SMILES string of the molecule is Cc1ccccc1CSC(C)C=O. The Kier molecular flexibility index (Phi) is 4.03. The number of aldehydes is 1. The van der Waals surface area contributed by atoms with Crippen LogP contribution in [0.4, 0.5) is 0 Å². The third-order valence-electron chi connectivity index (χ3n) is 1.95. The van der Waals surface area contributed by atoms with Gasteiger partial charge in [-0.3, -0.25) is 0 Å². The predicted molar refractivity (Wildman–Crippen MR) is 58.0 cm³/mol. The molecule has 13 heavy (non-hydrogen) atoms. The number of carbonyl (C=O) groups excluding carboxylic acids is 1. The lowest BCUT2D eigenvalue weighted by Crippen LogP contribution is -1.97. The minimum atomic E-state index is 0.0969. The summed E-state index contributed by atoms with van der Waals surface area (Å²) < 4.78 is 0. The van der Waals surface area contributed by atoms with Gasteiger partial charge in [-0.1, -0.05) is 24.3 Å². The molecular weight excluding hydrogens is 180 g/mol. The summed E-state index contributed by atoms with van der Waals surface area (Å²) in [6.07, 6.45) is 0.989. The number of thioether (sulfide) groups is 1. The monoisotopic (exact) mass is 194 g/mol. The molecule has 0 saturated carbocycles. The van der Waals surface area contributed by atoms with E-state index in [2.05, 4.69) is 19.1 Å². The van der Waals surface area contributed by atoms with Gasteiger partial charge in [0.15, 0.2) is 0 Å². The van der Waals surface area contributed by atoms with Crippen LogP contribution >= 0.6 is 11.8 Å². The Morgan fingerprint density at radius 1 is 1.46 bits per heavy atom. The van der Waals surface area contributed by atoms with Crippen molar-refractivity contribution in [3.05, 3.63) is 35.4 Å². The number of rotatable bonds is 4. The fourth-order valence-corrected chi connectivity index (χ4v) is 1.88. The van der Waals surface area contributed by atoms with Crippen molar-refractivity contribution in [1.82, 2.24) is 0 Å². The summed E-state index contributed by atoms with van der Waals surface area (Å²) >= 11 is 1.68. The first kappa shape index (κ1) is 10.3. The number of carbonyl (C=O) groups is 1. The summed E-state index contributed by atoms with van der Waals surface area (Å²) in [7, 11) is 0. The van der Waals surface area contributed by atoms with Crippen molar-refractivity contribution < 1.29 is 4.79 Å². The highest BCUT2D eigenvalue weighted by Crippen LogP contribution is 2.18. The van der Waals surface area contributed by atoms with Crippen LogP contribution in [0.5, 0.6) is 0 Å². The lowest BCUT2D eigenvalue weighted by molar-refractivity contribution is -0.107. The maximum absolute atomic E-state index is 10.4. The van der Waals surface area contributed by atoms with Gasteiger partial charge in [0.25, 0.3) is 0 Å². The Hall–Kier alpha value is -0.760. The molecule has 1 rings (SSSR count). The highest BCUT2D eigenvalue weighted by atomic mass is 32.2. The second kappa shape index (κ2) is 5.07. The molecule has 0 N–H and O–H groups in total. The Bertz CT molecular complexity index is 283. The van der Waals surface area contributed by atoms with E-state index in [4.69, 9.17) is 0 Å². The molecule has 0 aromatic heterocycles. The Morgan fingerprint density at radius 3 is 2.77 bits per heavy atom. The van der Waals surface area contributed by atoms with Gasteiger partial charge < -0.3 is 4.79 Å². The molecular formula is C11H14OS. The molecule has 0 fully saturated rings. The van der Waals surface area contributed by atoms with Crippen LogP contribution in [0.2, 0.25) is 0 Å². The molecule has 0 spiro atoms. The van der Waals surface area contributed by atoms with Gasteiger partial charge in [0.1, 0.15) is 6.29 Å². The van der Waals surface area contributed by atoms with Crippen LogP contribution in [0, 0.1) is 6.92 Å². The number of hydrogen-bond donors (Lipinski definition) is 0. The molecule has 0 aliphatic carbocycles. The Balaban J connectivity index is 2.54.